The summed E-state index contributed by atoms with van der Waals surface area (Å²) in [5, 5.41) is 14.3. The number of nitrogens with zero attached hydrogens (tertiary/aromatic N) is 3. The minimum absolute atomic E-state index is 0.0376. The maximum atomic E-state index is 14.3. The van der Waals surface area contributed by atoms with Crippen LogP contribution in [0.4, 0.5) is 4.39 Å². The quantitative estimate of drug-likeness (QED) is 0.750. The Bertz CT molecular complexity index is 1050. The van der Waals surface area contributed by atoms with Gasteiger partial charge in [0.2, 0.25) is 5.91 Å². The van der Waals surface area contributed by atoms with Crippen LogP contribution >= 0.6 is 11.6 Å². The molecule has 2 unspecified atom stereocenters. The van der Waals surface area contributed by atoms with Crippen molar-refractivity contribution in [3.05, 3.63) is 51.6 Å². The lowest BCUT2D eigenvalue weighted by Crippen LogP contribution is -2.51. The first-order valence-electron chi connectivity index (χ1n) is 10.6. The van der Waals surface area contributed by atoms with Crippen LogP contribution < -0.4 is 0 Å². The number of fused-ring (bicyclic) bond motifs is 1. The number of rotatable bonds is 5. The Hall–Kier alpha value is -2.41. The summed E-state index contributed by atoms with van der Waals surface area (Å²) in [6, 6.07) is 4.61. The Morgan fingerprint density at radius 2 is 2.10 bits per heavy atom. The van der Waals surface area contributed by atoms with Crippen molar-refractivity contribution < 1.29 is 19.1 Å². The van der Waals surface area contributed by atoms with Gasteiger partial charge in [-0.1, -0.05) is 31.5 Å². The highest BCUT2D eigenvalue weighted by molar-refractivity contribution is 6.30. The molecular formula is C23H27ClFN3O3. The van der Waals surface area contributed by atoms with E-state index in [0.717, 1.165) is 17.0 Å². The molecule has 2 atom stereocenters. The summed E-state index contributed by atoms with van der Waals surface area (Å²) in [6.45, 7) is 7.12. The summed E-state index contributed by atoms with van der Waals surface area (Å²) >= 11 is 5.86. The van der Waals surface area contributed by atoms with Crippen LogP contribution in [-0.2, 0) is 29.1 Å². The number of aryl methyl sites for hydroxylation is 1. The third kappa shape index (κ3) is 3.95. The number of carbonyl (C=O) groups excluding carboxylic acids is 1. The van der Waals surface area contributed by atoms with E-state index in [-0.39, 0.29) is 29.6 Å². The minimum atomic E-state index is -0.787. The molecule has 1 aliphatic carbocycles. The number of carboxylic acid groups (broad SMARTS) is 1. The molecule has 0 saturated heterocycles. The number of aromatic nitrogens is 2. The number of amides is 1. The average Bonchev–Trinajstić information content (AvgIpc) is 3.01. The fourth-order valence-electron chi connectivity index (χ4n) is 4.95. The molecule has 1 aromatic heterocycles. The lowest BCUT2D eigenvalue weighted by molar-refractivity contribution is -0.162. The molecule has 2 aromatic rings. The fraction of sp³-hybridized carbons (Fsp3) is 0.522. The Morgan fingerprint density at radius 3 is 2.74 bits per heavy atom. The van der Waals surface area contributed by atoms with E-state index in [1.54, 1.807) is 16.8 Å². The monoisotopic (exact) mass is 447 g/mol. The third-order valence-electron chi connectivity index (χ3n) is 7.22. The van der Waals surface area contributed by atoms with Gasteiger partial charge in [-0.25, -0.2) is 4.39 Å². The molecule has 1 saturated carbocycles. The van der Waals surface area contributed by atoms with Crippen molar-refractivity contribution in [3.63, 3.8) is 0 Å². The summed E-state index contributed by atoms with van der Waals surface area (Å²) in [5.41, 5.74) is 3.07. The van der Waals surface area contributed by atoms with E-state index >= 15 is 0 Å². The molecule has 6 nitrogen and oxygen atoms in total. The molecule has 166 valence electrons. The second-order valence-electron chi connectivity index (χ2n) is 9.32. The molecule has 0 radical (unpaired) electrons. The normalized spacial score (nSPS) is 22.0. The van der Waals surface area contributed by atoms with Crippen LogP contribution in [0.5, 0.6) is 0 Å². The van der Waals surface area contributed by atoms with Crippen molar-refractivity contribution in [2.45, 2.75) is 53.1 Å². The molecule has 8 heteroatoms. The molecule has 0 bridgehead atoms. The predicted octanol–water partition coefficient (Wildman–Crippen LogP) is 4.05. The second kappa shape index (κ2) is 7.93. The zero-order valence-corrected chi connectivity index (χ0v) is 18.7. The molecule has 1 N–H and O–H groups in total. The molecule has 0 spiro atoms. The summed E-state index contributed by atoms with van der Waals surface area (Å²) in [5.74, 6) is -1.45. The topological polar surface area (TPSA) is 75.4 Å². The molecule has 1 fully saturated rings. The molecular weight excluding hydrogens is 421 g/mol. The number of halogens is 2. The summed E-state index contributed by atoms with van der Waals surface area (Å²) in [6.07, 6.45) is 1.60. The van der Waals surface area contributed by atoms with Crippen molar-refractivity contribution in [1.29, 1.82) is 0 Å². The van der Waals surface area contributed by atoms with Crippen LogP contribution in [0.15, 0.2) is 18.2 Å². The van der Waals surface area contributed by atoms with Gasteiger partial charge in [-0.05, 0) is 48.8 Å². The smallest absolute Gasteiger partial charge is 0.307 e. The van der Waals surface area contributed by atoms with Crippen molar-refractivity contribution in [3.8, 4) is 0 Å². The standard InChI is InChI=1S/C23H27ClFN3O3/c1-13-17-6-7-27(21(29)9-15-8-18(22(30)31)23(15,2)3)12-20(17)28(26-13)11-14-4-5-16(24)10-19(14)25/h4-5,10,15,18H,6-9,11-12H2,1-3H3,(H,30,31). The van der Waals surface area contributed by atoms with Crippen molar-refractivity contribution in [2.24, 2.45) is 17.3 Å². The fourth-order valence-corrected chi connectivity index (χ4v) is 5.11. The van der Waals surface area contributed by atoms with E-state index in [1.807, 2.05) is 25.7 Å². The van der Waals surface area contributed by atoms with Gasteiger partial charge in [-0.15, -0.1) is 0 Å². The molecule has 4 rings (SSSR count). The van der Waals surface area contributed by atoms with Gasteiger partial charge < -0.3 is 10.0 Å². The summed E-state index contributed by atoms with van der Waals surface area (Å²) < 4.78 is 16.1. The van der Waals surface area contributed by atoms with Crippen molar-refractivity contribution in [1.82, 2.24) is 14.7 Å². The maximum absolute atomic E-state index is 14.3. The van der Waals surface area contributed by atoms with Gasteiger partial charge in [-0.2, -0.15) is 5.10 Å². The van der Waals surface area contributed by atoms with E-state index in [4.69, 9.17) is 11.6 Å². The van der Waals surface area contributed by atoms with Crippen LogP contribution in [0, 0.1) is 30.0 Å². The first-order chi connectivity index (χ1) is 14.6. The van der Waals surface area contributed by atoms with Gasteiger partial charge in [-0.3, -0.25) is 14.3 Å². The lowest BCUT2D eigenvalue weighted by atomic mass is 9.54. The van der Waals surface area contributed by atoms with Gasteiger partial charge in [0.25, 0.3) is 0 Å². The van der Waals surface area contributed by atoms with Crippen LogP contribution in [-0.4, -0.2) is 38.2 Å². The number of benzene rings is 1. The Balaban J connectivity index is 1.48. The number of aliphatic carboxylic acids is 1. The third-order valence-corrected chi connectivity index (χ3v) is 7.45. The van der Waals surface area contributed by atoms with Crippen molar-refractivity contribution >= 4 is 23.5 Å². The number of carboxylic acids is 1. The molecule has 2 heterocycles. The van der Waals surface area contributed by atoms with Gasteiger partial charge in [0.05, 0.1) is 30.4 Å². The van der Waals surface area contributed by atoms with Crippen LogP contribution in [0.1, 0.15) is 49.2 Å². The average molecular weight is 448 g/mol. The van der Waals surface area contributed by atoms with Gasteiger partial charge in [0, 0.05) is 23.6 Å². The largest absolute Gasteiger partial charge is 0.481 e. The number of hydrogen-bond donors (Lipinski definition) is 1. The Kier molecular flexibility index (Phi) is 5.58. The van der Waals surface area contributed by atoms with E-state index < -0.39 is 11.9 Å². The molecule has 1 aromatic carbocycles. The second-order valence-corrected chi connectivity index (χ2v) is 9.75. The first-order valence-corrected chi connectivity index (χ1v) is 11.0. The highest BCUT2D eigenvalue weighted by Crippen LogP contribution is 2.53. The van der Waals surface area contributed by atoms with E-state index in [0.29, 0.717) is 42.9 Å². The zero-order valence-electron chi connectivity index (χ0n) is 18.0. The molecule has 2 aliphatic rings. The van der Waals surface area contributed by atoms with Gasteiger partial charge in [0.15, 0.2) is 0 Å². The molecule has 1 aliphatic heterocycles. The number of carbonyl (C=O) groups is 2. The van der Waals surface area contributed by atoms with Crippen LogP contribution in [0.2, 0.25) is 5.02 Å². The van der Waals surface area contributed by atoms with E-state index in [2.05, 4.69) is 5.10 Å². The predicted molar refractivity (Wildman–Crippen MR) is 114 cm³/mol. The highest BCUT2D eigenvalue weighted by Gasteiger charge is 2.52. The molecule has 1 amide bonds. The summed E-state index contributed by atoms with van der Waals surface area (Å²) in [7, 11) is 0. The zero-order chi connectivity index (χ0) is 22.5. The Morgan fingerprint density at radius 1 is 1.35 bits per heavy atom. The van der Waals surface area contributed by atoms with Gasteiger partial charge >= 0.3 is 5.97 Å². The molecule has 31 heavy (non-hydrogen) atoms. The first kappa shape index (κ1) is 21.8. The summed E-state index contributed by atoms with van der Waals surface area (Å²) in [4.78, 5) is 26.2. The van der Waals surface area contributed by atoms with E-state index in [1.165, 1.54) is 6.07 Å². The van der Waals surface area contributed by atoms with Crippen molar-refractivity contribution in [2.75, 3.05) is 6.54 Å². The maximum Gasteiger partial charge on any atom is 0.307 e. The van der Waals surface area contributed by atoms with E-state index in [9.17, 15) is 19.1 Å². The number of hydrogen-bond acceptors (Lipinski definition) is 3. The van der Waals surface area contributed by atoms with Gasteiger partial charge in [0.1, 0.15) is 5.82 Å². The van der Waals surface area contributed by atoms with Crippen LogP contribution in [0.25, 0.3) is 0 Å². The minimum Gasteiger partial charge on any atom is -0.481 e. The highest BCUT2D eigenvalue weighted by atomic mass is 35.5. The SMILES string of the molecule is Cc1nn(Cc2ccc(Cl)cc2F)c2c1CCN(C(=O)CC1CC(C(=O)O)C1(C)C)C2. The van der Waals surface area contributed by atoms with Crippen LogP contribution in [0.3, 0.4) is 0 Å². The Labute approximate surface area is 186 Å². The lowest BCUT2D eigenvalue weighted by Gasteiger charge is -2.50.